The van der Waals surface area contributed by atoms with Gasteiger partial charge in [0, 0.05) is 29.0 Å². The number of carbonyl (C=O) groups excluding carboxylic acids is 1. The molecule has 0 unspecified atom stereocenters. The Labute approximate surface area is 115 Å². The first-order chi connectivity index (χ1) is 8.06. The van der Waals surface area contributed by atoms with E-state index >= 15 is 0 Å². The number of hydrogen-bond acceptors (Lipinski definition) is 1. The molecule has 1 aliphatic carbocycles. The van der Waals surface area contributed by atoms with Gasteiger partial charge in [-0.15, -0.1) is 0 Å². The van der Waals surface area contributed by atoms with Gasteiger partial charge in [-0.3, -0.25) is 4.79 Å². The first-order valence-corrected chi connectivity index (χ1v) is 7.00. The van der Waals surface area contributed by atoms with Crippen LogP contribution in [0, 0.1) is 5.92 Å². The van der Waals surface area contributed by atoms with Crippen molar-refractivity contribution >= 4 is 33.4 Å². The average molecular weight is 317 g/mol. The molecule has 1 amide bonds. The van der Waals surface area contributed by atoms with E-state index in [9.17, 15) is 4.79 Å². The summed E-state index contributed by atoms with van der Waals surface area (Å²) in [5.41, 5.74) is 0.701. The number of rotatable bonds is 3. The molecule has 17 heavy (non-hydrogen) atoms. The number of nitrogens with zero attached hydrogens (tertiary/aromatic N) is 1. The Balaban J connectivity index is 1.92. The fourth-order valence-electron chi connectivity index (χ4n) is 2.09. The third-order valence-electron chi connectivity index (χ3n) is 3.15. The monoisotopic (exact) mass is 315 g/mol. The maximum Gasteiger partial charge on any atom is 0.253 e. The minimum atomic E-state index is 0.0692. The number of halogens is 2. The molecule has 1 saturated carbocycles. The van der Waals surface area contributed by atoms with Crippen molar-refractivity contribution in [2.24, 2.45) is 5.92 Å². The van der Waals surface area contributed by atoms with Crippen LogP contribution in [0.5, 0.6) is 0 Å². The molecule has 0 aromatic heterocycles. The van der Waals surface area contributed by atoms with Gasteiger partial charge in [0.2, 0.25) is 0 Å². The lowest BCUT2D eigenvalue weighted by molar-refractivity contribution is 0.0749. The van der Waals surface area contributed by atoms with Crippen LogP contribution in [0.1, 0.15) is 23.2 Å². The Morgan fingerprint density at radius 2 is 2.00 bits per heavy atom. The summed E-state index contributed by atoms with van der Waals surface area (Å²) in [6, 6.07) is 7.05. The van der Waals surface area contributed by atoms with Crippen molar-refractivity contribution < 1.29 is 4.79 Å². The summed E-state index contributed by atoms with van der Waals surface area (Å²) in [4.78, 5) is 14.5. The SMILES string of the molecule is CN(CC1CC(Br)C1)C(=O)c1ccc(Cl)cc1. The quantitative estimate of drug-likeness (QED) is 0.781. The zero-order valence-corrected chi connectivity index (χ0v) is 12.0. The smallest absolute Gasteiger partial charge is 0.253 e. The molecule has 0 N–H and O–H groups in total. The highest BCUT2D eigenvalue weighted by Crippen LogP contribution is 2.33. The van der Waals surface area contributed by atoms with E-state index < -0.39 is 0 Å². The molecular weight excluding hydrogens is 302 g/mol. The maximum absolute atomic E-state index is 12.1. The zero-order chi connectivity index (χ0) is 12.4. The third kappa shape index (κ3) is 3.23. The second kappa shape index (κ2) is 5.40. The Morgan fingerprint density at radius 3 is 2.53 bits per heavy atom. The normalized spacial score (nSPS) is 23.0. The van der Waals surface area contributed by atoms with Gasteiger partial charge in [0.1, 0.15) is 0 Å². The highest BCUT2D eigenvalue weighted by molar-refractivity contribution is 9.09. The molecule has 1 aromatic carbocycles. The van der Waals surface area contributed by atoms with Gasteiger partial charge in [-0.2, -0.15) is 0 Å². The minimum Gasteiger partial charge on any atom is -0.341 e. The molecule has 2 nitrogen and oxygen atoms in total. The fourth-order valence-corrected chi connectivity index (χ4v) is 3.27. The second-order valence-electron chi connectivity index (χ2n) is 4.63. The Bertz CT molecular complexity index is 400. The Kier molecular flexibility index (Phi) is 4.10. The van der Waals surface area contributed by atoms with E-state index in [1.54, 1.807) is 29.2 Å². The Morgan fingerprint density at radius 1 is 1.41 bits per heavy atom. The van der Waals surface area contributed by atoms with E-state index in [0.29, 0.717) is 21.3 Å². The van der Waals surface area contributed by atoms with Gasteiger partial charge in [0.25, 0.3) is 5.91 Å². The first-order valence-electron chi connectivity index (χ1n) is 5.71. The molecule has 0 saturated heterocycles. The van der Waals surface area contributed by atoms with Crippen LogP contribution in [0.25, 0.3) is 0 Å². The summed E-state index contributed by atoms with van der Waals surface area (Å²) in [5.74, 6) is 0.709. The van der Waals surface area contributed by atoms with Gasteiger partial charge in [0.05, 0.1) is 0 Å². The van der Waals surface area contributed by atoms with Crippen molar-refractivity contribution in [1.82, 2.24) is 4.90 Å². The zero-order valence-electron chi connectivity index (χ0n) is 9.70. The standard InChI is InChI=1S/C13H15BrClNO/c1-16(8-9-6-11(14)7-9)13(17)10-2-4-12(15)5-3-10/h2-5,9,11H,6-8H2,1H3. The van der Waals surface area contributed by atoms with Crippen molar-refractivity contribution in [3.63, 3.8) is 0 Å². The first kappa shape index (κ1) is 12.9. The fraction of sp³-hybridized carbons (Fsp3) is 0.462. The predicted molar refractivity (Wildman–Crippen MR) is 73.9 cm³/mol. The molecule has 0 aliphatic heterocycles. The molecule has 2 rings (SSSR count). The molecule has 0 atom stereocenters. The summed E-state index contributed by atoms with van der Waals surface area (Å²) in [6.07, 6.45) is 2.33. The van der Waals surface area contributed by atoms with Crippen LogP contribution in [0.2, 0.25) is 5.02 Å². The van der Waals surface area contributed by atoms with Crippen molar-refractivity contribution in [2.75, 3.05) is 13.6 Å². The van der Waals surface area contributed by atoms with Crippen LogP contribution in [0.4, 0.5) is 0 Å². The van der Waals surface area contributed by atoms with Crippen LogP contribution >= 0.6 is 27.5 Å². The number of hydrogen-bond donors (Lipinski definition) is 0. The topological polar surface area (TPSA) is 20.3 Å². The number of carbonyl (C=O) groups is 1. The molecule has 4 heteroatoms. The number of amides is 1. The van der Waals surface area contributed by atoms with E-state index in [0.717, 1.165) is 19.4 Å². The van der Waals surface area contributed by atoms with E-state index in [1.165, 1.54) is 0 Å². The van der Waals surface area contributed by atoms with Crippen LogP contribution in [0.3, 0.4) is 0 Å². The van der Waals surface area contributed by atoms with Gasteiger partial charge in [-0.1, -0.05) is 27.5 Å². The predicted octanol–water partition coefficient (Wildman–Crippen LogP) is 3.59. The van der Waals surface area contributed by atoms with Crippen molar-refractivity contribution in [2.45, 2.75) is 17.7 Å². The average Bonchev–Trinajstić information content (AvgIpc) is 2.27. The molecule has 92 valence electrons. The minimum absolute atomic E-state index is 0.0692. The van der Waals surface area contributed by atoms with E-state index in [1.807, 2.05) is 7.05 Å². The van der Waals surface area contributed by atoms with Crippen LogP contribution in [0.15, 0.2) is 24.3 Å². The lowest BCUT2D eigenvalue weighted by Gasteiger charge is -2.34. The number of benzene rings is 1. The van der Waals surface area contributed by atoms with Gasteiger partial charge < -0.3 is 4.90 Å². The molecule has 0 spiro atoms. The van der Waals surface area contributed by atoms with Crippen molar-refractivity contribution in [3.8, 4) is 0 Å². The molecular formula is C13H15BrClNO. The summed E-state index contributed by atoms with van der Waals surface area (Å²) in [6.45, 7) is 0.837. The Hall–Kier alpha value is -0.540. The van der Waals surface area contributed by atoms with Crippen LogP contribution in [-0.4, -0.2) is 29.2 Å². The van der Waals surface area contributed by atoms with E-state index in [4.69, 9.17) is 11.6 Å². The molecule has 1 fully saturated rings. The van der Waals surface area contributed by atoms with Crippen LogP contribution < -0.4 is 0 Å². The summed E-state index contributed by atoms with van der Waals surface area (Å²) < 4.78 is 0. The molecule has 0 heterocycles. The number of alkyl halides is 1. The summed E-state index contributed by atoms with van der Waals surface area (Å²) in [7, 11) is 1.86. The lowest BCUT2D eigenvalue weighted by Crippen LogP contribution is -2.37. The summed E-state index contributed by atoms with van der Waals surface area (Å²) >= 11 is 9.36. The summed E-state index contributed by atoms with van der Waals surface area (Å²) in [5, 5.41) is 0.658. The van der Waals surface area contributed by atoms with Crippen molar-refractivity contribution in [3.05, 3.63) is 34.9 Å². The van der Waals surface area contributed by atoms with Gasteiger partial charge >= 0.3 is 0 Å². The molecule has 0 radical (unpaired) electrons. The molecule has 1 aliphatic rings. The highest BCUT2D eigenvalue weighted by atomic mass is 79.9. The molecule has 1 aromatic rings. The van der Waals surface area contributed by atoms with Gasteiger partial charge in [0.15, 0.2) is 0 Å². The highest BCUT2D eigenvalue weighted by Gasteiger charge is 2.28. The van der Waals surface area contributed by atoms with Crippen molar-refractivity contribution in [1.29, 1.82) is 0 Å². The van der Waals surface area contributed by atoms with E-state index in [-0.39, 0.29) is 5.91 Å². The van der Waals surface area contributed by atoms with Gasteiger partial charge in [-0.05, 0) is 43.0 Å². The molecule has 0 bridgehead atoms. The third-order valence-corrected chi connectivity index (χ3v) is 4.15. The largest absolute Gasteiger partial charge is 0.341 e. The second-order valence-corrected chi connectivity index (χ2v) is 6.36. The van der Waals surface area contributed by atoms with Gasteiger partial charge in [-0.25, -0.2) is 0 Å². The maximum atomic E-state index is 12.1. The lowest BCUT2D eigenvalue weighted by atomic mass is 9.85. The van der Waals surface area contributed by atoms with E-state index in [2.05, 4.69) is 15.9 Å². The van der Waals surface area contributed by atoms with Crippen LogP contribution in [-0.2, 0) is 0 Å².